The van der Waals surface area contributed by atoms with E-state index in [0.29, 0.717) is 0 Å². The number of nitrogen functional groups attached to an aromatic ring is 1. The molecule has 0 bridgehead atoms. The second kappa shape index (κ2) is 7.08. The Bertz CT molecular complexity index is 945. The van der Waals surface area contributed by atoms with Gasteiger partial charge in [-0.05, 0) is 24.7 Å². The van der Waals surface area contributed by atoms with E-state index >= 15 is 0 Å². The third-order valence-electron chi connectivity index (χ3n) is 3.22. The van der Waals surface area contributed by atoms with E-state index in [1.54, 1.807) is 24.3 Å². The SMILES string of the molecule is CNS(=O)(=O)c1cc(S(=O)(=O)NCc2ccccc2)c(Cl)cc1N. The van der Waals surface area contributed by atoms with Gasteiger partial charge in [-0.3, -0.25) is 0 Å². The van der Waals surface area contributed by atoms with Gasteiger partial charge in [-0.2, -0.15) is 0 Å². The average molecular weight is 390 g/mol. The summed E-state index contributed by atoms with van der Waals surface area (Å²) in [7, 11) is -6.75. The number of hydrogen-bond acceptors (Lipinski definition) is 5. The Kier molecular flexibility index (Phi) is 5.51. The van der Waals surface area contributed by atoms with Crippen molar-refractivity contribution >= 4 is 37.3 Å². The van der Waals surface area contributed by atoms with Crippen LogP contribution in [0.3, 0.4) is 0 Å². The van der Waals surface area contributed by atoms with Crippen molar-refractivity contribution in [2.24, 2.45) is 0 Å². The molecule has 10 heteroatoms. The molecule has 130 valence electrons. The topological polar surface area (TPSA) is 118 Å². The van der Waals surface area contributed by atoms with Crippen molar-refractivity contribution in [3.05, 3.63) is 53.1 Å². The Hall–Kier alpha value is -1.65. The zero-order valence-electron chi connectivity index (χ0n) is 12.7. The Morgan fingerprint density at radius 1 is 1.00 bits per heavy atom. The van der Waals surface area contributed by atoms with Gasteiger partial charge in [0.05, 0.1) is 10.7 Å². The quantitative estimate of drug-likeness (QED) is 0.643. The minimum atomic E-state index is -4.03. The highest BCUT2D eigenvalue weighted by Gasteiger charge is 2.24. The maximum Gasteiger partial charge on any atom is 0.242 e. The normalized spacial score (nSPS) is 12.2. The summed E-state index contributed by atoms with van der Waals surface area (Å²) < 4.78 is 53.3. The van der Waals surface area contributed by atoms with E-state index in [2.05, 4.69) is 9.44 Å². The minimum absolute atomic E-state index is 0.0397. The molecule has 0 atom stereocenters. The molecule has 0 heterocycles. The summed E-state index contributed by atoms with van der Waals surface area (Å²) >= 11 is 5.95. The third-order valence-corrected chi connectivity index (χ3v) is 6.56. The summed E-state index contributed by atoms with van der Waals surface area (Å²) in [5, 5.41) is -0.164. The first-order valence-corrected chi connectivity index (χ1v) is 10.1. The molecule has 2 aromatic carbocycles. The minimum Gasteiger partial charge on any atom is -0.398 e. The number of hydrogen-bond donors (Lipinski definition) is 3. The van der Waals surface area contributed by atoms with E-state index in [-0.39, 0.29) is 27.0 Å². The van der Waals surface area contributed by atoms with E-state index < -0.39 is 20.0 Å². The summed E-state index contributed by atoms with van der Waals surface area (Å²) in [6.45, 7) is 0.0397. The predicted octanol–water partition coefficient (Wildman–Crippen LogP) is 1.31. The van der Waals surface area contributed by atoms with Gasteiger partial charge in [0.25, 0.3) is 0 Å². The van der Waals surface area contributed by atoms with Gasteiger partial charge in [0.2, 0.25) is 20.0 Å². The molecule has 0 aliphatic rings. The van der Waals surface area contributed by atoms with Crippen LogP contribution in [-0.2, 0) is 26.6 Å². The fraction of sp³-hybridized carbons (Fsp3) is 0.143. The van der Waals surface area contributed by atoms with Gasteiger partial charge in [0, 0.05) is 6.54 Å². The Labute approximate surface area is 145 Å². The highest BCUT2D eigenvalue weighted by molar-refractivity contribution is 7.90. The third kappa shape index (κ3) is 4.05. The van der Waals surface area contributed by atoms with Crippen molar-refractivity contribution in [2.75, 3.05) is 12.8 Å². The summed E-state index contributed by atoms with van der Waals surface area (Å²) in [4.78, 5) is -0.711. The highest BCUT2D eigenvalue weighted by Crippen LogP contribution is 2.29. The number of halogens is 1. The van der Waals surface area contributed by atoms with Crippen LogP contribution in [0, 0.1) is 0 Å². The van der Waals surface area contributed by atoms with Crippen molar-refractivity contribution in [1.82, 2.24) is 9.44 Å². The number of nitrogens with one attached hydrogen (secondary N) is 2. The van der Waals surface area contributed by atoms with Crippen LogP contribution in [-0.4, -0.2) is 23.9 Å². The molecule has 2 rings (SSSR count). The molecule has 0 aliphatic carbocycles. The largest absolute Gasteiger partial charge is 0.398 e. The number of sulfonamides is 2. The van der Waals surface area contributed by atoms with Gasteiger partial charge in [-0.1, -0.05) is 41.9 Å². The lowest BCUT2D eigenvalue weighted by Crippen LogP contribution is -2.25. The van der Waals surface area contributed by atoms with Crippen LogP contribution < -0.4 is 15.2 Å². The van der Waals surface area contributed by atoms with Crippen LogP contribution in [0.4, 0.5) is 5.69 Å². The Balaban J connectivity index is 2.41. The first-order valence-electron chi connectivity index (χ1n) is 6.73. The van der Waals surface area contributed by atoms with Crippen LogP contribution >= 0.6 is 11.6 Å². The average Bonchev–Trinajstić information content (AvgIpc) is 2.53. The zero-order chi connectivity index (χ0) is 18.0. The lowest BCUT2D eigenvalue weighted by molar-refractivity contribution is 0.581. The maximum absolute atomic E-state index is 12.5. The fourth-order valence-corrected chi connectivity index (χ4v) is 4.47. The lowest BCUT2D eigenvalue weighted by atomic mass is 10.2. The molecule has 0 spiro atoms. The summed E-state index contributed by atoms with van der Waals surface area (Å²) in [5.74, 6) is 0. The molecule has 2 aromatic rings. The smallest absolute Gasteiger partial charge is 0.242 e. The second-order valence-corrected chi connectivity index (χ2v) is 8.84. The van der Waals surface area contributed by atoms with E-state index in [4.69, 9.17) is 17.3 Å². The molecule has 0 aliphatic heterocycles. The van der Waals surface area contributed by atoms with Gasteiger partial charge in [0.15, 0.2) is 0 Å². The number of nitrogens with two attached hydrogens (primary N) is 1. The van der Waals surface area contributed by atoms with Crippen LogP contribution in [0.25, 0.3) is 0 Å². The van der Waals surface area contributed by atoms with Crippen molar-refractivity contribution in [2.45, 2.75) is 16.3 Å². The van der Waals surface area contributed by atoms with Gasteiger partial charge >= 0.3 is 0 Å². The van der Waals surface area contributed by atoms with Crippen molar-refractivity contribution in [3.63, 3.8) is 0 Å². The van der Waals surface area contributed by atoms with E-state index in [9.17, 15) is 16.8 Å². The van der Waals surface area contributed by atoms with Gasteiger partial charge in [-0.15, -0.1) is 0 Å². The second-order valence-electron chi connectivity index (χ2n) is 4.84. The predicted molar refractivity (Wildman–Crippen MR) is 92.6 cm³/mol. The molecule has 0 unspecified atom stereocenters. The molecule has 0 amide bonds. The summed E-state index contributed by atoms with van der Waals surface area (Å²) in [6.07, 6.45) is 0. The van der Waals surface area contributed by atoms with E-state index in [1.807, 2.05) is 6.07 Å². The number of anilines is 1. The molecule has 0 saturated heterocycles. The number of rotatable bonds is 6. The molecule has 0 fully saturated rings. The standard InChI is InChI=1S/C14H16ClN3O4S2/c1-17-23(19,20)14-8-13(11(15)7-12(14)16)24(21,22)18-9-10-5-3-2-4-6-10/h2-8,17-18H,9,16H2,1H3. The van der Waals surface area contributed by atoms with Gasteiger partial charge < -0.3 is 5.73 Å². The Morgan fingerprint density at radius 3 is 2.21 bits per heavy atom. The van der Waals surface area contributed by atoms with E-state index in [0.717, 1.165) is 17.7 Å². The molecular weight excluding hydrogens is 374 g/mol. The Morgan fingerprint density at radius 2 is 1.62 bits per heavy atom. The number of benzene rings is 2. The first kappa shape index (κ1) is 18.7. The van der Waals surface area contributed by atoms with Crippen LogP contribution in [0.15, 0.2) is 52.3 Å². The van der Waals surface area contributed by atoms with Crippen molar-refractivity contribution < 1.29 is 16.8 Å². The lowest BCUT2D eigenvalue weighted by Gasteiger charge is -2.12. The molecule has 0 radical (unpaired) electrons. The van der Waals surface area contributed by atoms with Crippen LogP contribution in [0.2, 0.25) is 5.02 Å². The van der Waals surface area contributed by atoms with Gasteiger partial charge in [-0.25, -0.2) is 26.3 Å². The summed E-state index contributed by atoms with van der Waals surface area (Å²) in [5.41, 5.74) is 6.25. The zero-order valence-corrected chi connectivity index (χ0v) is 15.0. The van der Waals surface area contributed by atoms with Crippen LogP contribution in [0.1, 0.15) is 5.56 Å². The fourth-order valence-electron chi connectivity index (χ4n) is 1.95. The van der Waals surface area contributed by atoms with Crippen molar-refractivity contribution in [3.8, 4) is 0 Å². The molecule has 24 heavy (non-hydrogen) atoms. The monoisotopic (exact) mass is 389 g/mol. The molecule has 0 aromatic heterocycles. The van der Waals surface area contributed by atoms with E-state index in [1.165, 1.54) is 7.05 Å². The maximum atomic E-state index is 12.5. The van der Waals surface area contributed by atoms with Crippen LogP contribution in [0.5, 0.6) is 0 Å². The first-order chi connectivity index (χ1) is 11.2. The highest BCUT2D eigenvalue weighted by atomic mass is 35.5. The molecule has 0 saturated carbocycles. The van der Waals surface area contributed by atoms with Crippen molar-refractivity contribution in [1.29, 1.82) is 0 Å². The summed E-state index contributed by atoms with van der Waals surface area (Å²) in [6, 6.07) is 10.9. The van der Waals surface area contributed by atoms with Gasteiger partial charge in [0.1, 0.15) is 9.79 Å². The molecule has 7 nitrogen and oxygen atoms in total. The molecular formula is C14H16ClN3O4S2. The molecule has 4 N–H and O–H groups in total.